The molecule has 102 valence electrons. The molecule has 0 heterocycles. The van der Waals surface area contributed by atoms with Crippen LogP contribution in [-0.2, 0) is 4.79 Å². The first-order valence-electron chi connectivity index (χ1n) is 6.03. The molecule has 0 fully saturated rings. The Morgan fingerprint density at radius 3 is 1.90 bits per heavy atom. The number of amides is 2. The number of rotatable bonds is 2. The van der Waals surface area contributed by atoms with Crippen LogP contribution in [0.5, 0.6) is 0 Å². The summed E-state index contributed by atoms with van der Waals surface area (Å²) in [5, 5.41) is 10.9. The Morgan fingerprint density at radius 2 is 1.50 bits per heavy atom. The zero-order valence-electron chi connectivity index (χ0n) is 10.9. The number of nitrogens with one attached hydrogen (secondary N) is 2. The highest BCUT2D eigenvalue weighted by atomic mass is 16.5. The van der Waals surface area contributed by atoms with Crippen molar-refractivity contribution in [1.82, 2.24) is 5.48 Å². The molecule has 0 aromatic heterocycles. The van der Waals surface area contributed by atoms with Gasteiger partial charge >= 0.3 is 0 Å². The number of carbonyl (C=O) groups excluding carboxylic acids is 2. The van der Waals surface area contributed by atoms with Crippen molar-refractivity contribution in [2.75, 3.05) is 5.32 Å². The van der Waals surface area contributed by atoms with Gasteiger partial charge < -0.3 is 5.32 Å². The van der Waals surface area contributed by atoms with Gasteiger partial charge in [-0.25, -0.2) is 5.48 Å². The third kappa shape index (κ3) is 3.02. The van der Waals surface area contributed by atoms with E-state index in [1.165, 1.54) is 29.6 Å². The van der Waals surface area contributed by atoms with Crippen molar-refractivity contribution in [3.05, 3.63) is 54.1 Å². The van der Waals surface area contributed by atoms with Gasteiger partial charge in [0.1, 0.15) is 0 Å². The highest BCUT2D eigenvalue weighted by Gasteiger charge is 2.09. The van der Waals surface area contributed by atoms with Crippen LogP contribution >= 0.6 is 0 Å². The molecule has 0 atom stereocenters. The number of hydroxylamine groups is 1. The quantitative estimate of drug-likeness (QED) is 0.494. The van der Waals surface area contributed by atoms with Gasteiger partial charge in [0.15, 0.2) is 0 Å². The monoisotopic (exact) mass is 270 g/mol. The molecule has 5 nitrogen and oxygen atoms in total. The first-order chi connectivity index (χ1) is 9.61. The van der Waals surface area contributed by atoms with Crippen molar-refractivity contribution in [3.63, 3.8) is 0 Å². The van der Waals surface area contributed by atoms with E-state index in [2.05, 4.69) is 29.6 Å². The van der Waals surface area contributed by atoms with Crippen LogP contribution in [0.25, 0.3) is 11.1 Å². The molecule has 0 saturated carbocycles. The molecule has 2 amide bonds. The Balaban J connectivity index is 0.000000198. The molecule has 3 rings (SSSR count). The van der Waals surface area contributed by atoms with Crippen LogP contribution in [0.2, 0.25) is 0 Å². The second kappa shape index (κ2) is 5.99. The highest BCUT2D eigenvalue weighted by molar-refractivity contribution is 6.02. The largest absolute Gasteiger partial charge is 0.326 e. The molecular weight excluding hydrogens is 256 g/mol. The lowest BCUT2D eigenvalue weighted by Crippen LogP contribution is -2.21. The van der Waals surface area contributed by atoms with Crippen LogP contribution in [0.3, 0.4) is 0 Å². The van der Waals surface area contributed by atoms with Crippen LogP contribution < -0.4 is 10.8 Å². The van der Waals surface area contributed by atoms with Crippen LogP contribution in [0.1, 0.15) is 17.3 Å². The summed E-state index contributed by atoms with van der Waals surface area (Å²) in [6, 6.07) is 14.9. The average Bonchev–Trinajstić information content (AvgIpc) is 2.42. The number of benzene rings is 2. The molecule has 0 bridgehead atoms. The van der Waals surface area contributed by atoms with Crippen molar-refractivity contribution >= 4 is 17.5 Å². The molecule has 0 radical (unpaired) electrons. The molecule has 0 saturated heterocycles. The first kappa shape index (κ1) is 13.8. The minimum Gasteiger partial charge on any atom is -0.326 e. The Morgan fingerprint density at radius 1 is 0.950 bits per heavy atom. The fourth-order valence-electron chi connectivity index (χ4n) is 1.70. The minimum atomic E-state index is -0.658. The van der Waals surface area contributed by atoms with Gasteiger partial charge in [-0.15, -0.1) is 0 Å². The van der Waals surface area contributed by atoms with Gasteiger partial charge in [0, 0.05) is 6.92 Å². The minimum absolute atomic E-state index is 0.213. The second-order valence-electron chi connectivity index (χ2n) is 4.25. The van der Waals surface area contributed by atoms with Crippen LogP contribution in [0, 0.1) is 0 Å². The summed E-state index contributed by atoms with van der Waals surface area (Å²) in [4.78, 5) is 21.9. The summed E-state index contributed by atoms with van der Waals surface area (Å²) in [5.74, 6) is -0.933. The van der Waals surface area contributed by atoms with E-state index in [4.69, 9.17) is 5.21 Å². The Hall–Kier alpha value is -2.66. The van der Waals surface area contributed by atoms with Crippen molar-refractivity contribution in [2.24, 2.45) is 0 Å². The second-order valence-corrected chi connectivity index (χ2v) is 4.25. The summed E-state index contributed by atoms with van der Waals surface area (Å²) < 4.78 is 0. The smallest absolute Gasteiger partial charge is 0.276 e. The summed E-state index contributed by atoms with van der Waals surface area (Å²) in [7, 11) is 0. The normalized spacial score (nSPS) is 9.90. The van der Waals surface area contributed by atoms with Crippen molar-refractivity contribution < 1.29 is 14.8 Å². The van der Waals surface area contributed by atoms with Gasteiger partial charge in [-0.1, -0.05) is 36.4 Å². The Kier molecular flexibility index (Phi) is 4.12. The molecular formula is C15H14N2O3. The van der Waals surface area contributed by atoms with E-state index in [1.807, 2.05) is 0 Å². The number of carbonyl (C=O) groups is 2. The van der Waals surface area contributed by atoms with Crippen molar-refractivity contribution in [2.45, 2.75) is 6.92 Å². The number of anilines is 1. The molecule has 20 heavy (non-hydrogen) atoms. The van der Waals surface area contributed by atoms with E-state index in [0.717, 1.165) is 0 Å². The average molecular weight is 270 g/mol. The molecule has 2 aliphatic rings. The summed E-state index contributed by atoms with van der Waals surface area (Å²) in [6.45, 7) is 1.34. The maximum Gasteiger partial charge on any atom is 0.276 e. The lowest BCUT2D eigenvalue weighted by Gasteiger charge is -2.10. The lowest BCUT2D eigenvalue weighted by atomic mass is 9.95. The van der Waals surface area contributed by atoms with E-state index in [1.54, 1.807) is 18.2 Å². The fourth-order valence-corrected chi connectivity index (χ4v) is 1.70. The number of fused-ring (bicyclic) bond motifs is 1. The summed E-state index contributed by atoms with van der Waals surface area (Å²) >= 11 is 0. The topological polar surface area (TPSA) is 78.4 Å². The van der Waals surface area contributed by atoms with Crippen LogP contribution in [0.4, 0.5) is 5.69 Å². The van der Waals surface area contributed by atoms with Gasteiger partial charge in [-0.05, 0) is 23.3 Å². The van der Waals surface area contributed by atoms with Crippen LogP contribution in [0.15, 0.2) is 48.5 Å². The lowest BCUT2D eigenvalue weighted by molar-refractivity contribution is -0.114. The zero-order valence-corrected chi connectivity index (χ0v) is 10.9. The molecule has 1 aromatic rings. The molecule has 0 unspecified atom stereocenters. The van der Waals surface area contributed by atoms with Gasteiger partial charge in [0.05, 0.1) is 11.3 Å². The highest BCUT2D eigenvalue weighted by Crippen LogP contribution is 2.29. The van der Waals surface area contributed by atoms with Crippen molar-refractivity contribution in [1.29, 1.82) is 0 Å². The van der Waals surface area contributed by atoms with Crippen molar-refractivity contribution in [3.8, 4) is 11.1 Å². The van der Waals surface area contributed by atoms with E-state index in [-0.39, 0.29) is 11.5 Å². The zero-order chi connectivity index (χ0) is 14.5. The summed E-state index contributed by atoms with van der Waals surface area (Å²) in [6.07, 6.45) is 0. The van der Waals surface area contributed by atoms with Gasteiger partial charge in [0.25, 0.3) is 5.91 Å². The van der Waals surface area contributed by atoms with E-state index in [0.29, 0.717) is 5.69 Å². The number of hydrogen-bond acceptors (Lipinski definition) is 3. The molecule has 5 heteroatoms. The van der Waals surface area contributed by atoms with Gasteiger partial charge in [-0.3, -0.25) is 14.8 Å². The fraction of sp³-hybridized carbons (Fsp3) is 0.0667. The standard InChI is InChI=1S/C9H10N2O3.C6H4/c1-6(12)10-8-5-3-2-4-7(8)9(13)11-14;1-2-6-4-3-5(1)6/h2-5,14H,1H3,(H,10,12)(H,11,13);1-4H. The third-order valence-electron chi connectivity index (χ3n) is 2.80. The Labute approximate surface area is 116 Å². The number of hydrogen-bond donors (Lipinski definition) is 3. The Bertz CT molecular complexity index is 615. The van der Waals surface area contributed by atoms with E-state index in [9.17, 15) is 9.59 Å². The predicted octanol–water partition coefficient (Wildman–Crippen LogP) is 2.43. The van der Waals surface area contributed by atoms with Crippen LogP contribution in [-0.4, -0.2) is 17.0 Å². The molecule has 1 aromatic carbocycles. The van der Waals surface area contributed by atoms with E-state index < -0.39 is 5.91 Å². The summed E-state index contributed by atoms with van der Waals surface area (Å²) in [5.41, 5.74) is 4.94. The van der Waals surface area contributed by atoms with Gasteiger partial charge in [0.2, 0.25) is 5.91 Å². The molecule has 0 aliphatic heterocycles. The SMILES string of the molecule is CC(=O)Nc1ccccc1C(=O)NO.c1cc2ccc1-2. The van der Waals surface area contributed by atoms with Gasteiger partial charge in [-0.2, -0.15) is 0 Å². The molecule has 3 N–H and O–H groups in total. The number of para-hydroxylation sites is 1. The molecule has 2 aliphatic carbocycles. The maximum absolute atomic E-state index is 11.1. The third-order valence-corrected chi connectivity index (χ3v) is 2.80. The first-order valence-corrected chi connectivity index (χ1v) is 6.03. The maximum atomic E-state index is 11.1. The predicted molar refractivity (Wildman–Crippen MR) is 75.4 cm³/mol. The molecule has 0 spiro atoms. The van der Waals surface area contributed by atoms with E-state index >= 15 is 0 Å².